The second-order valence-corrected chi connectivity index (χ2v) is 2.65. The summed E-state index contributed by atoms with van der Waals surface area (Å²) in [5.74, 6) is -0.908. The van der Waals surface area contributed by atoms with Crippen LogP contribution in [0.5, 0.6) is 0 Å². The molecule has 0 unspecified atom stereocenters. The molecule has 0 saturated carbocycles. The first-order valence-corrected chi connectivity index (χ1v) is 3.05. The van der Waals surface area contributed by atoms with Crippen LogP contribution in [0.15, 0.2) is 0 Å². The largest absolute Gasteiger partial charge is 0.480 e. The Labute approximate surface area is 64.1 Å². The molecule has 0 saturated heterocycles. The Morgan fingerprint density at radius 2 is 2.33 bits per heavy atom. The molecule has 0 aliphatic rings. The van der Waals surface area contributed by atoms with Crippen LogP contribution in [0.4, 0.5) is 0 Å². The molecular weight excluding hydrogens is 158 g/mol. The van der Waals surface area contributed by atoms with Gasteiger partial charge in [0.2, 0.25) is 0 Å². The van der Waals surface area contributed by atoms with Gasteiger partial charge in [-0.25, -0.2) is 0 Å². The van der Waals surface area contributed by atoms with E-state index in [1.54, 1.807) is 7.05 Å². The Balaban J connectivity index is 3.63. The predicted octanol–water partition coefficient (Wildman–Crippen LogP) is 0.217. The molecule has 0 aromatic rings. The number of aliphatic carboxylic acids is 1. The molecule has 0 aliphatic carbocycles. The fraction of sp³-hybridized carbons (Fsp3) is 0.500. The normalized spacial score (nSPS) is 8.67. The maximum absolute atomic E-state index is 9.98. The number of rotatable bonds is 2. The van der Waals surface area contributed by atoms with Gasteiger partial charge in [-0.2, -0.15) is 0 Å². The lowest BCUT2D eigenvalue weighted by atomic mass is 10.6. The lowest BCUT2D eigenvalue weighted by Gasteiger charge is -2.11. The van der Waals surface area contributed by atoms with Gasteiger partial charge in [0.25, 0.3) is 0 Å². The SMILES string of the molecule is CN(CC(=O)O)C(=S)S. The number of thiol groups is 1. The molecule has 0 radical (unpaired) electrons. The highest BCUT2D eigenvalue weighted by molar-refractivity contribution is 8.10. The highest BCUT2D eigenvalue weighted by Gasteiger charge is 2.02. The lowest BCUT2D eigenvalue weighted by molar-refractivity contribution is -0.137. The summed E-state index contributed by atoms with van der Waals surface area (Å²) in [6.45, 7) is -0.0949. The van der Waals surface area contributed by atoms with Gasteiger partial charge in [0.15, 0.2) is 0 Å². The van der Waals surface area contributed by atoms with E-state index >= 15 is 0 Å². The fourth-order valence-electron chi connectivity index (χ4n) is 0.271. The summed E-state index contributed by atoms with van der Waals surface area (Å²) < 4.78 is 0.289. The minimum atomic E-state index is -0.908. The third kappa shape index (κ3) is 4.23. The van der Waals surface area contributed by atoms with Gasteiger partial charge in [-0.15, -0.1) is 12.6 Å². The Morgan fingerprint density at radius 1 is 1.89 bits per heavy atom. The molecule has 0 spiro atoms. The van der Waals surface area contributed by atoms with Gasteiger partial charge >= 0.3 is 5.97 Å². The molecule has 1 N–H and O–H groups in total. The molecule has 3 nitrogen and oxygen atoms in total. The number of carboxylic acids is 1. The summed E-state index contributed by atoms with van der Waals surface area (Å²) >= 11 is 8.33. The Morgan fingerprint density at radius 3 is 2.44 bits per heavy atom. The molecule has 0 aromatic carbocycles. The number of likely N-dealkylation sites (N-methyl/N-ethyl adjacent to an activating group) is 1. The Kier molecular flexibility index (Phi) is 3.56. The van der Waals surface area contributed by atoms with Crippen molar-refractivity contribution in [2.75, 3.05) is 13.6 Å². The summed E-state index contributed by atoms with van der Waals surface area (Å²) in [4.78, 5) is 11.3. The van der Waals surface area contributed by atoms with Crippen molar-refractivity contribution in [1.29, 1.82) is 0 Å². The number of hydrogen-bond acceptors (Lipinski definition) is 2. The number of nitrogens with zero attached hydrogens (tertiary/aromatic N) is 1. The zero-order chi connectivity index (χ0) is 7.44. The molecule has 52 valence electrons. The third-order valence-corrected chi connectivity index (χ3v) is 1.35. The summed E-state index contributed by atoms with van der Waals surface area (Å²) in [6.07, 6.45) is 0. The smallest absolute Gasteiger partial charge is 0.323 e. The fourth-order valence-corrected chi connectivity index (χ4v) is 0.406. The topological polar surface area (TPSA) is 40.5 Å². The average Bonchev–Trinajstić information content (AvgIpc) is 1.63. The van der Waals surface area contributed by atoms with E-state index in [4.69, 9.17) is 5.11 Å². The van der Waals surface area contributed by atoms with Gasteiger partial charge in [-0.3, -0.25) is 4.79 Å². The monoisotopic (exact) mass is 165 g/mol. The maximum atomic E-state index is 9.98. The highest BCUT2D eigenvalue weighted by Crippen LogP contribution is 1.90. The first-order valence-electron chi connectivity index (χ1n) is 2.20. The Hall–Kier alpha value is -0.290. The molecule has 0 amide bonds. The van der Waals surface area contributed by atoms with Crippen molar-refractivity contribution >= 4 is 35.1 Å². The lowest BCUT2D eigenvalue weighted by Crippen LogP contribution is -2.27. The van der Waals surface area contributed by atoms with E-state index in [9.17, 15) is 4.79 Å². The predicted molar refractivity (Wildman–Crippen MR) is 41.8 cm³/mol. The molecular formula is C4H7NO2S2. The molecule has 0 aliphatic heterocycles. The van der Waals surface area contributed by atoms with Crippen LogP contribution in [0, 0.1) is 0 Å². The van der Waals surface area contributed by atoms with E-state index in [1.165, 1.54) is 4.90 Å². The molecule has 0 heterocycles. The quantitative estimate of drug-likeness (QED) is 0.453. The number of carboxylic acid groups (broad SMARTS) is 1. The maximum Gasteiger partial charge on any atom is 0.323 e. The first kappa shape index (κ1) is 8.71. The van der Waals surface area contributed by atoms with E-state index in [0.717, 1.165) is 0 Å². The minimum Gasteiger partial charge on any atom is -0.480 e. The van der Waals surface area contributed by atoms with Crippen molar-refractivity contribution in [3.05, 3.63) is 0 Å². The molecule has 5 heteroatoms. The molecule has 0 fully saturated rings. The number of hydrogen-bond donors (Lipinski definition) is 2. The minimum absolute atomic E-state index is 0.0949. The van der Waals surface area contributed by atoms with E-state index in [2.05, 4.69) is 24.8 Å². The van der Waals surface area contributed by atoms with Crippen molar-refractivity contribution in [2.24, 2.45) is 0 Å². The van der Waals surface area contributed by atoms with Gasteiger partial charge < -0.3 is 10.0 Å². The molecule has 0 rings (SSSR count). The van der Waals surface area contributed by atoms with Crippen molar-refractivity contribution in [1.82, 2.24) is 4.90 Å². The number of thiocarbonyl (C=S) groups is 1. The van der Waals surface area contributed by atoms with Crippen LogP contribution in [-0.4, -0.2) is 33.9 Å². The van der Waals surface area contributed by atoms with Crippen LogP contribution in [0.1, 0.15) is 0 Å². The zero-order valence-electron chi connectivity index (χ0n) is 4.87. The van der Waals surface area contributed by atoms with Crippen LogP contribution in [0.2, 0.25) is 0 Å². The van der Waals surface area contributed by atoms with E-state index in [0.29, 0.717) is 0 Å². The van der Waals surface area contributed by atoms with Crippen LogP contribution in [0.3, 0.4) is 0 Å². The van der Waals surface area contributed by atoms with Gasteiger partial charge in [-0.05, 0) is 0 Å². The number of carbonyl (C=O) groups is 1. The van der Waals surface area contributed by atoms with E-state index < -0.39 is 5.97 Å². The van der Waals surface area contributed by atoms with Gasteiger partial charge in [0.05, 0.1) is 0 Å². The van der Waals surface area contributed by atoms with Crippen LogP contribution in [-0.2, 0) is 4.79 Å². The molecule has 0 bridgehead atoms. The van der Waals surface area contributed by atoms with Crippen molar-refractivity contribution in [3.8, 4) is 0 Å². The summed E-state index contributed by atoms with van der Waals surface area (Å²) in [5.41, 5.74) is 0. The zero-order valence-corrected chi connectivity index (χ0v) is 6.58. The van der Waals surface area contributed by atoms with Crippen molar-refractivity contribution < 1.29 is 9.90 Å². The Bertz CT molecular complexity index is 137. The molecule has 0 atom stereocenters. The van der Waals surface area contributed by atoms with Gasteiger partial charge in [-0.1, -0.05) is 12.2 Å². The summed E-state index contributed by atoms with van der Waals surface area (Å²) in [6, 6.07) is 0. The van der Waals surface area contributed by atoms with E-state index in [-0.39, 0.29) is 10.9 Å². The van der Waals surface area contributed by atoms with Crippen LogP contribution < -0.4 is 0 Å². The summed E-state index contributed by atoms with van der Waals surface area (Å²) in [7, 11) is 1.57. The van der Waals surface area contributed by atoms with Crippen LogP contribution in [0.25, 0.3) is 0 Å². The third-order valence-electron chi connectivity index (χ3n) is 0.699. The average molecular weight is 165 g/mol. The van der Waals surface area contributed by atoms with E-state index in [1.807, 2.05) is 0 Å². The van der Waals surface area contributed by atoms with Crippen molar-refractivity contribution in [2.45, 2.75) is 0 Å². The summed E-state index contributed by atoms with van der Waals surface area (Å²) in [5, 5.41) is 8.20. The second kappa shape index (κ2) is 3.68. The highest BCUT2D eigenvalue weighted by atomic mass is 32.1. The van der Waals surface area contributed by atoms with Crippen LogP contribution >= 0.6 is 24.8 Å². The second-order valence-electron chi connectivity index (χ2n) is 1.53. The van der Waals surface area contributed by atoms with Gasteiger partial charge in [0, 0.05) is 7.05 Å². The molecule has 9 heavy (non-hydrogen) atoms. The first-order chi connectivity index (χ1) is 4.04. The standard InChI is InChI=1S/C4H7NO2S2/c1-5(4(8)9)2-3(6)7/h2H2,1H3,(H,6,7)(H,8,9). The molecule has 0 aromatic heterocycles. The van der Waals surface area contributed by atoms with Gasteiger partial charge in [0.1, 0.15) is 10.9 Å². The van der Waals surface area contributed by atoms with Crippen molar-refractivity contribution in [3.63, 3.8) is 0 Å².